The predicted molar refractivity (Wildman–Crippen MR) is 78.4 cm³/mol. The van der Waals surface area contributed by atoms with Crippen LogP contribution in [0.3, 0.4) is 0 Å². The first-order valence-corrected chi connectivity index (χ1v) is 8.12. The van der Waals surface area contributed by atoms with Crippen molar-refractivity contribution in [1.82, 2.24) is 4.31 Å². The maximum atomic E-state index is 12.5. The highest BCUT2D eigenvalue weighted by atomic mass is 32.2. The van der Waals surface area contributed by atoms with Crippen LogP contribution in [0.4, 0.5) is 0 Å². The number of hydrogen-bond donors (Lipinski definition) is 1. The summed E-state index contributed by atoms with van der Waals surface area (Å²) in [5, 5.41) is 0. The van der Waals surface area contributed by atoms with Gasteiger partial charge in [-0.05, 0) is 44.9 Å². The molecule has 0 amide bonds. The molecule has 1 aromatic rings. The highest BCUT2D eigenvalue weighted by Gasteiger charge is 2.26. The molecule has 0 radical (unpaired) electrons. The molecule has 0 heterocycles. The Morgan fingerprint density at radius 3 is 2.05 bits per heavy atom. The molecule has 4 nitrogen and oxygen atoms in total. The van der Waals surface area contributed by atoms with Crippen LogP contribution in [0.25, 0.3) is 0 Å². The smallest absolute Gasteiger partial charge is 0.243 e. The van der Waals surface area contributed by atoms with Crippen molar-refractivity contribution in [1.29, 1.82) is 0 Å². The number of nitrogens with two attached hydrogens (primary N) is 1. The lowest BCUT2D eigenvalue weighted by molar-refractivity contribution is 0.354. The van der Waals surface area contributed by atoms with E-state index in [0.717, 1.165) is 12.0 Å². The lowest BCUT2D eigenvalue weighted by Gasteiger charge is -2.25. The summed E-state index contributed by atoms with van der Waals surface area (Å²) in [6.07, 6.45) is 0.801. The van der Waals surface area contributed by atoms with E-state index in [4.69, 9.17) is 5.73 Å². The number of nitrogens with zero attached hydrogens (tertiary/aromatic N) is 1. The fourth-order valence-electron chi connectivity index (χ4n) is 1.96. The highest BCUT2D eigenvalue weighted by molar-refractivity contribution is 7.89. The van der Waals surface area contributed by atoms with E-state index in [9.17, 15) is 8.42 Å². The molecule has 0 spiro atoms. The van der Waals surface area contributed by atoms with Gasteiger partial charge in [0, 0.05) is 18.6 Å². The molecule has 108 valence electrons. The Hall–Kier alpha value is -0.910. The van der Waals surface area contributed by atoms with Crippen molar-refractivity contribution in [3.8, 4) is 0 Å². The highest BCUT2D eigenvalue weighted by Crippen LogP contribution is 2.20. The monoisotopic (exact) mass is 284 g/mol. The van der Waals surface area contributed by atoms with E-state index in [2.05, 4.69) is 0 Å². The zero-order valence-electron chi connectivity index (χ0n) is 12.1. The van der Waals surface area contributed by atoms with Crippen LogP contribution in [-0.4, -0.2) is 25.3 Å². The van der Waals surface area contributed by atoms with Crippen molar-refractivity contribution in [2.75, 3.05) is 6.54 Å². The Kier molecular flexibility index (Phi) is 5.52. The van der Waals surface area contributed by atoms with Crippen LogP contribution in [0.2, 0.25) is 0 Å². The van der Waals surface area contributed by atoms with Gasteiger partial charge in [0.2, 0.25) is 10.0 Å². The first-order valence-electron chi connectivity index (χ1n) is 6.68. The third-order valence-electron chi connectivity index (χ3n) is 3.03. The molecule has 0 bridgehead atoms. The molecule has 0 saturated heterocycles. The van der Waals surface area contributed by atoms with E-state index in [1.807, 2.05) is 27.7 Å². The van der Waals surface area contributed by atoms with Gasteiger partial charge >= 0.3 is 0 Å². The first kappa shape index (κ1) is 16.1. The van der Waals surface area contributed by atoms with Crippen molar-refractivity contribution in [2.24, 2.45) is 5.73 Å². The van der Waals surface area contributed by atoms with Crippen LogP contribution in [0.1, 0.15) is 45.7 Å². The molecule has 0 aromatic heterocycles. The fraction of sp³-hybridized carbons (Fsp3) is 0.571. The summed E-state index contributed by atoms with van der Waals surface area (Å²) >= 11 is 0. The second-order valence-electron chi connectivity index (χ2n) is 5.07. The van der Waals surface area contributed by atoms with Gasteiger partial charge in [0.15, 0.2) is 0 Å². The maximum absolute atomic E-state index is 12.5. The summed E-state index contributed by atoms with van der Waals surface area (Å²) in [5.74, 6) is 0. The minimum Gasteiger partial charge on any atom is -0.324 e. The molecule has 0 aliphatic rings. The Labute approximate surface area is 116 Å². The summed E-state index contributed by atoms with van der Waals surface area (Å²) in [7, 11) is -3.41. The molecule has 0 fully saturated rings. The van der Waals surface area contributed by atoms with Crippen LogP contribution in [0.5, 0.6) is 0 Å². The second kappa shape index (κ2) is 6.50. The van der Waals surface area contributed by atoms with E-state index >= 15 is 0 Å². The topological polar surface area (TPSA) is 63.4 Å². The molecule has 5 heteroatoms. The summed E-state index contributed by atoms with van der Waals surface area (Å²) in [4.78, 5) is 0.332. The summed E-state index contributed by atoms with van der Waals surface area (Å²) in [6.45, 7) is 8.17. The van der Waals surface area contributed by atoms with E-state index in [0.29, 0.717) is 11.4 Å². The predicted octanol–water partition coefficient (Wildman–Crippen LogP) is 2.52. The second-order valence-corrected chi connectivity index (χ2v) is 6.96. The average Bonchev–Trinajstić information content (AvgIpc) is 2.35. The Bertz CT molecular complexity index is 493. The Morgan fingerprint density at radius 1 is 1.16 bits per heavy atom. The van der Waals surface area contributed by atoms with Gasteiger partial charge in [-0.15, -0.1) is 0 Å². The van der Waals surface area contributed by atoms with E-state index in [1.54, 1.807) is 24.3 Å². The zero-order valence-corrected chi connectivity index (χ0v) is 12.9. The van der Waals surface area contributed by atoms with Crippen LogP contribution >= 0.6 is 0 Å². The van der Waals surface area contributed by atoms with Crippen molar-refractivity contribution >= 4 is 10.0 Å². The van der Waals surface area contributed by atoms with Gasteiger partial charge in [-0.25, -0.2) is 8.42 Å². The third kappa shape index (κ3) is 3.78. The van der Waals surface area contributed by atoms with Gasteiger partial charge < -0.3 is 5.73 Å². The molecule has 0 aliphatic carbocycles. The number of benzene rings is 1. The fourth-order valence-corrected chi connectivity index (χ4v) is 3.68. The van der Waals surface area contributed by atoms with Gasteiger partial charge in [0.05, 0.1) is 4.90 Å². The molecule has 1 aromatic carbocycles. The molecular weight excluding hydrogens is 260 g/mol. The van der Waals surface area contributed by atoms with Crippen molar-refractivity contribution in [3.63, 3.8) is 0 Å². The largest absolute Gasteiger partial charge is 0.324 e. The quantitative estimate of drug-likeness (QED) is 0.873. The third-order valence-corrected chi connectivity index (χ3v) is 5.12. The molecule has 2 N–H and O–H groups in total. The average molecular weight is 284 g/mol. The van der Waals surface area contributed by atoms with Gasteiger partial charge in [0.25, 0.3) is 0 Å². The molecule has 0 aliphatic heterocycles. The Morgan fingerprint density at radius 2 is 1.68 bits per heavy atom. The first-order chi connectivity index (χ1) is 8.80. The molecule has 1 atom stereocenters. The van der Waals surface area contributed by atoms with E-state index < -0.39 is 10.0 Å². The van der Waals surface area contributed by atoms with Gasteiger partial charge in [-0.2, -0.15) is 4.31 Å². The standard InChI is InChI=1S/C14H24N2O2S/c1-5-10-16(11(2)3)19(17,18)14-8-6-13(7-9-14)12(4)15/h6-9,11-12H,5,10,15H2,1-4H3. The minimum absolute atomic E-state index is 0.0435. The maximum Gasteiger partial charge on any atom is 0.243 e. The Balaban J connectivity index is 3.11. The lowest BCUT2D eigenvalue weighted by atomic mass is 10.1. The lowest BCUT2D eigenvalue weighted by Crippen LogP contribution is -2.37. The summed E-state index contributed by atoms with van der Waals surface area (Å²) < 4.78 is 26.6. The van der Waals surface area contributed by atoms with Crippen LogP contribution in [0, 0.1) is 0 Å². The summed E-state index contributed by atoms with van der Waals surface area (Å²) in [5.41, 5.74) is 6.70. The number of hydrogen-bond acceptors (Lipinski definition) is 3. The SMILES string of the molecule is CCCN(C(C)C)S(=O)(=O)c1ccc(C(C)N)cc1. The molecule has 0 saturated carbocycles. The molecule has 1 rings (SSSR count). The van der Waals surface area contributed by atoms with Gasteiger partial charge in [-0.3, -0.25) is 0 Å². The van der Waals surface area contributed by atoms with Gasteiger partial charge in [-0.1, -0.05) is 19.1 Å². The molecular formula is C14H24N2O2S. The summed E-state index contributed by atoms with van der Waals surface area (Å²) in [6, 6.07) is 6.70. The number of sulfonamides is 1. The van der Waals surface area contributed by atoms with E-state index in [1.165, 1.54) is 4.31 Å². The van der Waals surface area contributed by atoms with Crippen molar-refractivity contribution < 1.29 is 8.42 Å². The van der Waals surface area contributed by atoms with E-state index in [-0.39, 0.29) is 12.1 Å². The van der Waals surface area contributed by atoms with Crippen LogP contribution < -0.4 is 5.73 Å². The molecule has 19 heavy (non-hydrogen) atoms. The van der Waals surface area contributed by atoms with Gasteiger partial charge in [0.1, 0.15) is 0 Å². The van der Waals surface area contributed by atoms with Crippen LogP contribution in [-0.2, 0) is 10.0 Å². The van der Waals surface area contributed by atoms with Crippen molar-refractivity contribution in [2.45, 2.75) is 51.1 Å². The molecule has 1 unspecified atom stereocenters. The minimum atomic E-state index is -3.41. The van der Waals surface area contributed by atoms with Crippen molar-refractivity contribution in [3.05, 3.63) is 29.8 Å². The zero-order chi connectivity index (χ0) is 14.6. The normalized spacial score (nSPS) is 14.1. The number of rotatable bonds is 6. The van der Waals surface area contributed by atoms with Crippen LogP contribution in [0.15, 0.2) is 29.2 Å².